The van der Waals surface area contributed by atoms with Crippen molar-refractivity contribution in [2.75, 3.05) is 18.4 Å². The maximum atomic E-state index is 12.5. The summed E-state index contributed by atoms with van der Waals surface area (Å²) in [5.74, 6) is 0.915. The minimum absolute atomic E-state index is 0.0258. The number of amides is 2. The second kappa shape index (κ2) is 9.04. The Morgan fingerprint density at radius 1 is 1.19 bits per heavy atom. The number of likely N-dealkylation sites (tertiary alicyclic amines) is 1. The van der Waals surface area contributed by atoms with E-state index in [4.69, 9.17) is 4.74 Å². The van der Waals surface area contributed by atoms with E-state index >= 15 is 0 Å². The van der Waals surface area contributed by atoms with E-state index in [-0.39, 0.29) is 23.8 Å². The molecule has 0 radical (unpaired) electrons. The molecular formula is C21H26N2O3S. The third-order valence-corrected chi connectivity index (χ3v) is 5.49. The third-order valence-electron chi connectivity index (χ3n) is 4.62. The van der Waals surface area contributed by atoms with Crippen LogP contribution in [-0.4, -0.2) is 35.9 Å². The van der Waals surface area contributed by atoms with E-state index in [9.17, 15) is 9.59 Å². The quantitative estimate of drug-likeness (QED) is 0.818. The maximum Gasteiger partial charge on any atom is 0.227 e. The number of anilines is 1. The molecule has 1 aromatic heterocycles. The molecule has 1 aliphatic heterocycles. The van der Waals surface area contributed by atoms with Gasteiger partial charge in [-0.3, -0.25) is 9.59 Å². The summed E-state index contributed by atoms with van der Waals surface area (Å²) in [6.45, 7) is 5.24. The lowest BCUT2D eigenvalue weighted by atomic mass is 9.95. The molecule has 1 saturated heterocycles. The molecule has 1 aromatic carbocycles. The van der Waals surface area contributed by atoms with Crippen LogP contribution in [0.2, 0.25) is 0 Å². The van der Waals surface area contributed by atoms with Crippen LogP contribution in [0.1, 0.15) is 31.6 Å². The van der Waals surface area contributed by atoms with Gasteiger partial charge in [0.05, 0.1) is 12.5 Å². The van der Waals surface area contributed by atoms with Crippen LogP contribution in [0.3, 0.4) is 0 Å². The first kappa shape index (κ1) is 19.4. The molecule has 0 saturated carbocycles. The monoisotopic (exact) mass is 386 g/mol. The number of hydrogen-bond acceptors (Lipinski definition) is 4. The van der Waals surface area contributed by atoms with Crippen LogP contribution in [0.25, 0.3) is 0 Å². The fraction of sp³-hybridized carbons (Fsp3) is 0.429. The number of piperidine rings is 1. The molecule has 0 bridgehead atoms. The Hall–Kier alpha value is -2.34. The highest BCUT2D eigenvalue weighted by molar-refractivity contribution is 7.10. The lowest BCUT2D eigenvalue weighted by Crippen LogP contribution is -2.42. The van der Waals surface area contributed by atoms with E-state index in [1.54, 1.807) is 11.3 Å². The molecule has 144 valence electrons. The van der Waals surface area contributed by atoms with Crippen molar-refractivity contribution >= 4 is 28.8 Å². The van der Waals surface area contributed by atoms with Crippen LogP contribution in [0.4, 0.5) is 5.69 Å². The lowest BCUT2D eigenvalue weighted by Gasteiger charge is -2.31. The van der Waals surface area contributed by atoms with Gasteiger partial charge in [0, 0.05) is 29.6 Å². The summed E-state index contributed by atoms with van der Waals surface area (Å²) in [5, 5.41) is 4.96. The Labute approximate surface area is 164 Å². The standard InChI is InChI=1S/C21H26N2O3S/c1-15(2)26-18-7-5-17(6-8-18)22-21(25)16-9-11-23(12-10-16)20(24)14-19-4-3-13-27-19/h3-8,13,15-16H,9-12,14H2,1-2H3,(H,22,25). The highest BCUT2D eigenvalue weighted by Gasteiger charge is 2.27. The van der Waals surface area contributed by atoms with E-state index in [1.165, 1.54) is 0 Å². The van der Waals surface area contributed by atoms with Crippen molar-refractivity contribution in [3.8, 4) is 5.75 Å². The van der Waals surface area contributed by atoms with E-state index in [2.05, 4.69) is 5.32 Å². The first-order valence-corrected chi connectivity index (χ1v) is 10.3. The average molecular weight is 387 g/mol. The molecule has 5 nitrogen and oxygen atoms in total. The van der Waals surface area contributed by atoms with Crippen molar-refractivity contribution in [3.05, 3.63) is 46.7 Å². The fourth-order valence-corrected chi connectivity index (χ4v) is 3.89. The predicted molar refractivity (Wildman–Crippen MR) is 108 cm³/mol. The number of rotatable bonds is 6. The SMILES string of the molecule is CC(C)Oc1ccc(NC(=O)C2CCN(C(=O)Cc3cccs3)CC2)cc1. The van der Waals surface area contributed by atoms with Crippen LogP contribution in [0, 0.1) is 5.92 Å². The molecule has 0 aliphatic carbocycles. The van der Waals surface area contributed by atoms with Gasteiger partial charge in [-0.2, -0.15) is 0 Å². The molecule has 0 atom stereocenters. The minimum atomic E-state index is -0.0534. The number of ether oxygens (including phenoxy) is 1. The number of benzene rings is 1. The molecule has 6 heteroatoms. The van der Waals surface area contributed by atoms with Crippen molar-refractivity contribution in [1.82, 2.24) is 4.90 Å². The van der Waals surface area contributed by atoms with E-state index in [1.807, 2.05) is 60.5 Å². The Bertz CT molecular complexity index is 748. The molecule has 0 unspecified atom stereocenters. The average Bonchev–Trinajstić information content (AvgIpc) is 3.16. The van der Waals surface area contributed by atoms with Crippen LogP contribution >= 0.6 is 11.3 Å². The highest BCUT2D eigenvalue weighted by Crippen LogP contribution is 2.22. The van der Waals surface area contributed by atoms with Crippen LogP contribution in [0.15, 0.2) is 41.8 Å². The normalized spacial score (nSPS) is 15.0. The largest absolute Gasteiger partial charge is 0.491 e. The molecule has 27 heavy (non-hydrogen) atoms. The number of carbonyl (C=O) groups excluding carboxylic acids is 2. The predicted octanol–water partition coefficient (Wildman–Crippen LogP) is 3.96. The Kier molecular flexibility index (Phi) is 6.50. The minimum Gasteiger partial charge on any atom is -0.491 e. The number of thiophene rings is 1. The number of nitrogens with one attached hydrogen (secondary N) is 1. The Morgan fingerprint density at radius 2 is 1.89 bits per heavy atom. The summed E-state index contributed by atoms with van der Waals surface area (Å²) in [6.07, 6.45) is 1.99. The smallest absolute Gasteiger partial charge is 0.227 e. The summed E-state index contributed by atoms with van der Waals surface area (Å²) in [5.41, 5.74) is 0.771. The highest BCUT2D eigenvalue weighted by atomic mass is 32.1. The van der Waals surface area contributed by atoms with E-state index < -0.39 is 0 Å². The zero-order valence-corrected chi connectivity index (χ0v) is 16.6. The summed E-state index contributed by atoms with van der Waals surface area (Å²) >= 11 is 1.61. The Balaban J connectivity index is 1.46. The van der Waals surface area contributed by atoms with Gasteiger partial charge in [0.2, 0.25) is 11.8 Å². The number of nitrogens with zero attached hydrogens (tertiary/aromatic N) is 1. The van der Waals surface area contributed by atoms with Gasteiger partial charge in [-0.1, -0.05) is 6.07 Å². The van der Waals surface area contributed by atoms with Crippen LogP contribution in [-0.2, 0) is 16.0 Å². The Morgan fingerprint density at radius 3 is 2.48 bits per heavy atom. The summed E-state index contributed by atoms with van der Waals surface area (Å²) in [4.78, 5) is 27.8. The van der Waals surface area contributed by atoms with Crippen molar-refractivity contribution in [2.24, 2.45) is 5.92 Å². The molecular weight excluding hydrogens is 360 g/mol. The molecule has 0 spiro atoms. The van der Waals surface area contributed by atoms with E-state index in [0.717, 1.165) is 16.3 Å². The van der Waals surface area contributed by atoms with Gasteiger partial charge in [-0.05, 0) is 62.4 Å². The van der Waals surface area contributed by atoms with Crippen molar-refractivity contribution < 1.29 is 14.3 Å². The lowest BCUT2D eigenvalue weighted by molar-refractivity contribution is -0.133. The summed E-state index contributed by atoms with van der Waals surface area (Å²) in [6, 6.07) is 11.4. The maximum absolute atomic E-state index is 12.5. The number of hydrogen-bond donors (Lipinski definition) is 1. The summed E-state index contributed by atoms with van der Waals surface area (Å²) < 4.78 is 5.61. The molecule has 3 rings (SSSR count). The zero-order valence-electron chi connectivity index (χ0n) is 15.8. The van der Waals surface area contributed by atoms with Crippen LogP contribution < -0.4 is 10.1 Å². The first-order chi connectivity index (χ1) is 13.0. The molecule has 1 N–H and O–H groups in total. The molecule has 2 heterocycles. The van der Waals surface area contributed by atoms with Gasteiger partial charge < -0.3 is 15.0 Å². The summed E-state index contributed by atoms with van der Waals surface area (Å²) in [7, 11) is 0. The van der Waals surface area contributed by atoms with Gasteiger partial charge in [-0.15, -0.1) is 11.3 Å². The van der Waals surface area contributed by atoms with Gasteiger partial charge in [0.15, 0.2) is 0 Å². The van der Waals surface area contributed by atoms with E-state index in [0.29, 0.717) is 32.4 Å². The second-order valence-corrected chi connectivity index (χ2v) is 8.12. The van der Waals surface area contributed by atoms with Gasteiger partial charge in [0.25, 0.3) is 0 Å². The third kappa shape index (κ3) is 5.57. The van der Waals surface area contributed by atoms with Crippen LogP contribution in [0.5, 0.6) is 5.75 Å². The molecule has 2 aromatic rings. The molecule has 2 amide bonds. The number of carbonyl (C=O) groups is 2. The second-order valence-electron chi connectivity index (χ2n) is 7.09. The van der Waals surface area contributed by atoms with Gasteiger partial charge in [0.1, 0.15) is 5.75 Å². The van der Waals surface area contributed by atoms with Crippen molar-refractivity contribution in [1.29, 1.82) is 0 Å². The first-order valence-electron chi connectivity index (χ1n) is 9.39. The van der Waals surface area contributed by atoms with Crippen molar-refractivity contribution in [3.63, 3.8) is 0 Å². The molecule has 1 fully saturated rings. The van der Waals surface area contributed by atoms with Gasteiger partial charge in [-0.25, -0.2) is 0 Å². The van der Waals surface area contributed by atoms with Gasteiger partial charge >= 0.3 is 0 Å². The topological polar surface area (TPSA) is 58.6 Å². The molecule has 1 aliphatic rings. The van der Waals surface area contributed by atoms with Crippen molar-refractivity contribution in [2.45, 2.75) is 39.2 Å². The fourth-order valence-electron chi connectivity index (χ4n) is 3.20. The zero-order chi connectivity index (χ0) is 19.2.